The third-order valence-electron chi connectivity index (χ3n) is 2.78. The molecule has 2 aromatic rings. The molecule has 0 aromatic carbocycles. The van der Waals surface area contributed by atoms with Gasteiger partial charge in [-0.25, -0.2) is 0 Å². The Hall–Kier alpha value is -1.40. The van der Waals surface area contributed by atoms with Gasteiger partial charge in [0.15, 0.2) is 0 Å². The van der Waals surface area contributed by atoms with Crippen LogP contribution >= 0.6 is 22.9 Å². The molecule has 0 N–H and O–H groups in total. The van der Waals surface area contributed by atoms with Crippen LogP contribution < -0.4 is 9.64 Å². The zero-order valence-electron chi connectivity index (χ0n) is 11.5. The first-order valence-corrected chi connectivity index (χ1v) is 7.80. The van der Waals surface area contributed by atoms with Gasteiger partial charge in [-0.2, -0.15) is 15.0 Å². The van der Waals surface area contributed by atoms with Crippen molar-refractivity contribution in [3.05, 3.63) is 27.7 Å². The lowest BCUT2D eigenvalue weighted by Crippen LogP contribution is -2.24. The van der Waals surface area contributed by atoms with E-state index >= 15 is 0 Å². The quantitative estimate of drug-likeness (QED) is 0.786. The molecule has 0 radical (unpaired) electrons. The average molecular weight is 313 g/mol. The van der Waals surface area contributed by atoms with E-state index in [1.54, 1.807) is 11.3 Å². The van der Waals surface area contributed by atoms with E-state index in [9.17, 15) is 0 Å². The summed E-state index contributed by atoms with van der Waals surface area (Å²) in [6.45, 7) is 6.23. The Morgan fingerprint density at radius 3 is 2.70 bits per heavy atom. The lowest BCUT2D eigenvalue weighted by molar-refractivity contribution is 0.296. The normalized spacial score (nSPS) is 10.6. The van der Waals surface area contributed by atoms with E-state index in [1.807, 2.05) is 30.2 Å². The number of thiophene rings is 1. The minimum atomic E-state index is 0.160. The van der Waals surface area contributed by atoms with Crippen molar-refractivity contribution in [3.63, 3.8) is 0 Å². The van der Waals surface area contributed by atoms with Crippen LogP contribution in [0.25, 0.3) is 0 Å². The van der Waals surface area contributed by atoms with Crippen molar-refractivity contribution < 1.29 is 4.74 Å². The maximum atomic E-state index is 5.92. The van der Waals surface area contributed by atoms with Crippen molar-refractivity contribution >= 4 is 28.9 Å². The van der Waals surface area contributed by atoms with E-state index in [0.717, 1.165) is 19.5 Å². The number of aromatic nitrogens is 3. The molecule has 7 heteroatoms. The summed E-state index contributed by atoms with van der Waals surface area (Å²) in [6.07, 6.45) is 0.835. The second kappa shape index (κ2) is 7.40. The fourth-order valence-electron chi connectivity index (χ4n) is 1.73. The molecule has 0 aliphatic heterocycles. The van der Waals surface area contributed by atoms with E-state index in [1.165, 1.54) is 4.88 Å². The molecular formula is C13H17ClN4OS. The summed E-state index contributed by atoms with van der Waals surface area (Å²) < 4.78 is 5.57. The number of halogens is 1. The van der Waals surface area contributed by atoms with Crippen molar-refractivity contribution in [2.45, 2.75) is 20.3 Å². The third kappa shape index (κ3) is 4.05. The Balaban J connectivity index is 2.00. The van der Waals surface area contributed by atoms with Crippen LogP contribution in [0.5, 0.6) is 6.01 Å². The number of hydrogen-bond acceptors (Lipinski definition) is 6. The summed E-state index contributed by atoms with van der Waals surface area (Å²) in [5.74, 6) is 0.557. The van der Waals surface area contributed by atoms with Gasteiger partial charge >= 0.3 is 6.01 Å². The maximum absolute atomic E-state index is 5.92. The Bertz CT molecular complexity index is 531. The van der Waals surface area contributed by atoms with E-state index < -0.39 is 0 Å². The predicted octanol–water partition coefficient (Wildman–Crippen LogP) is 3.05. The Labute approximate surface area is 127 Å². The Kier molecular flexibility index (Phi) is 5.55. The number of ether oxygens (including phenoxy) is 1. The second-order valence-corrected chi connectivity index (χ2v) is 5.41. The van der Waals surface area contributed by atoms with Gasteiger partial charge < -0.3 is 9.64 Å². The van der Waals surface area contributed by atoms with Gasteiger partial charge in [0.2, 0.25) is 11.2 Å². The molecule has 20 heavy (non-hydrogen) atoms. The molecule has 0 atom stereocenters. The minimum absolute atomic E-state index is 0.160. The highest BCUT2D eigenvalue weighted by molar-refractivity contribution is 7.09. The van der Waals surface area contributed by atoms with Gasteiger partial charge in [-0.1, -0.05) is 6.07 Å². The van der Waals surface area contributed by atoms with Gasteiger partial charge in [-0.05, 0) is 36.9 Å². The molecule has 0 amide bonds. The average Bonchev–Trinajstić information content (AvgIpc) is 2.93. The molecule has 0 aliphatic rings. The first-order chi connectivity index (χ1) is 9.72. The fourth-order valence-corrected chi connectivity index (χ4v) is 2.57. The van der Waals surface area contributed by atoms with Crippen LogP contribution in [0.15, 0.2) is 17.5 Å². The van der Waals surface area contributed by atoms with Crippen molar-refractivity contribution in [1.29, 1.82) is 0 Å². The Morgan fingerprint density at radius 2 is 2.05 bits per heavy atom. The SMILES string of the molecule is CCN(CC)c1nc(Cl)nc(OCCc2cccs2)n1. The van der Waals surface area contributed by atoms with E-state index in [2.05, 4.69) is 21.0 Å². The van der Waals surface area contributed by atoms with Gasteiger partial charge in [0.05, 0.1) is 6.61 Å². The Morgan fingerprint density at radius 1 is 1.25 bits per heavy atom. The van der Waals surface area contributed by atoms with Crippen molar-refractivity contribution in [2.24, 2.45) is 0 Å². The van der Waals surface area contributed by atoms with E-state index in [-0.39, 0.29) is 11.3 Å². The van der Waals surface area contributed by atoms with Gasteiger partial charge in [0, 0.05) is 24.4 Å². The van der Waals surface area contributed by atoms with Crippen LogP contribution in [0.1, 0.15) is 18.7 Å². The number of rotatable bonds is 7. The highest BCUT2D eigenvalue weighted by Gasteiger charge is 2.10. The topological polar surface area (TPSA) is 51.1 Å². The van der Waals surface area contributed by atoms with Gasteiger partial charge in [-0.15, -0.1) is 11.3 Å². The largest absolute Gasteiger partial charge is 0.463 e. The molecule has 0 saturated heterocycles. The number of nitrogens with zero attached hydrogens (tertiary/aromatic N) is 4. The lowest BCUT2D eigenvalue weighted by Gasteiger charge is -2.18. The van der Waals surface area contributed by atoms with Crippen LogP contribution in [0, 0.1) is 0 Å². The third-order valence-corrected chi connectivity index (χ3v) is 3.89. The molecule has 0 bridgehead atoms. The van der Waals surface area contributed by atoms with Crippen molar-refractivity contribution in [2.75, 3.05) is 24.6 Å². The van der Waals surface area contributed by atoms with Crippen molar-refractivity contribution in [1.82, 2.24) is 15.0 Å². The first-order valence-electron chi connectivity index (χ1n) is 6.54. The maximum Gasteiger partial charge on any atom is 0.322 e. The molecule has 2 heterocycles. The van der Waals surface area contributed by atoms with Gasteiger partial charge in [-0.3, -0.25) is 0 Å². The molecule has 0 aliphatic carbocycles. The molecule has 5 nitrogen and oxygen atoms in total. The van der Waals surface area contributed by atoms with Gasteiger partial charge in [0.25, 0.3) is 0 Å². The molecule has 0 saturated carbocycles. The summed E-state index contributed by atoms with van der Waals surface area (Å²) in [6, 6.07) is 4.39. The molecule has 0 fully saturated rings. The zero-order chi connectivity index (χ0) is 14.4. The van der Waals surface area contributed by atoms with Crippen LogP contribution in [0.2, 0.25) is 5.28 Å². The van der Waals surface area contributed by atoms with Crippen LogP contribution in [0.4, 0.5) is 5.95 Å². The zero-order valence-corrected chi connectivity index (χ0v) is 13.1. The first kappa shape index (κ1) is 15.0. The van der Waals surface area contributed by atoms with Crippen LogP contribution in [-0.2, 0) is 6.42 Å². The van der Waals surface area contributed by atoms with Crippen LogP contribution in [0.3, 0.4) is 0 Å². The smallest absolute Gasteiger partial charge is 0.322 e. The summed E-state index contributed by atoms with van der Waals surface area (Å²) in [5, 5.41) is 2.21. The predicted molar refractivity (Wildman–Crippen MR) is 81.9 cm³/mol. The second-order valence-electron chi connectivity index (χ2n) is 4.04. The number of anilines is 1. The molecule has 0 unspecified atom stereocenters. The molecule has 108 valence electrons. The summed E-state index contributed by atoms with van der Waals surface area (Å²) in [5.41, 5.74) is 0. The molecule has 2 rings (SSSR count). The minimum Gasteiger partial charge on any atom is -0.463 e. The summed E-state index contributed by atoms with van der Waals surface area (Å²) in [7, 11) is 0. The van der Waals surface area contributed by atoms with Crippen LogP contribution in [-0.4, -0.2) is 34.6 Å². The summed E-state index contributed by atoms with van der Waals surface area (Å²) in [4.78, 5) is 15.7. The highest BCUT2D eigenvalue weighted by atomic mass is 35.5. The highest BCUT2D eigenvalue weighted by Crippen LogP contribution is 2.15. The fraction of sp³-hybridized carbons (Fsp3) is 0.462. The van der Waals surface area contributed by atoms with E-state index in [4.69, 9.17) is 16.3 Å². The molecular weight excluding hydrogens is 296 g/mol. The summed E-state index contributed by atoms with van der Waals surface area (Å²) >= 11 is 7.63. The van der Waals surface area contributed by atoms with Gasteiger partial charge in [0.1, 0.15) is 0 Å². The standard InChI is InChI=1S/C13H17ClN4OS/c1-3-18(4-2)12-15-11(14)16-13(17-12)19-8-7-10-6-5-9-20-10/h5-6,9H,3-4,7-8H2,1-2H3. The lowest BCUT2D eigenvalue weighted by atomic mass is 10.4. The monoisotopic (exact) mass is 312 g/mol. The van der Waals surface area contributed by atoms with E-state index in [0.29, 0.717) is 12.6 Å². The van der Waals surface area contributed by atoms with Crippen molar-refractivity contribution in [3.8, 4) is 6.01 Å². The molecule has 2 aromatic heterocycles. The number of hydrogen-bond donors (Lipinski definition) is 0. The molecule has 0 spiro atoms.